The lowest BCUT2D eigenvalue weighted by Crippen LogP contribution is -2.74. The first-order chi connectivity index (χ1) is 16.5. The van der Waals surface area contributed by atoms with Crippen LogP contribution in [0, 0.1) is 5.92 Å². The smallest absolute Gasteiger partial charge is 0.166 e. The Kier molecular flexibility index (Phi) is 3.63. The number of aromatic nitrogens is 1. The van der Waals surface area contributed by atoms with E-state index in [1.807, 2.05) is 19.1 Å². The number of phenols is 1. The lowest BCUT2D eigenvalue weighted by atomic mass is 9.49. The quantitative estimate of drug-likeness (QED) is 0.552. The average Bonchev–Trinajstić information content (AvgIpc) is 3.46. The van der Waals surface area contributed by atoms with Gasteiger partial charge < -0.3 is 24.7 Å². The summed E-state index contributed by atoms with van der Waals surface area (Å²) in [5, 5.41) is 24.8. The molecule has 2 aliphatic heterocycles. The van der Waals surface area contributed by atoms with Gasteiger partial charge >= 0.3 is 0 Å². The first-order valence-corrected chi connectivity index (χ1v) is 12.8. The number of aromatic hydroxyl groups is 1. The van der Waals surface area contributed by atoms with E-state index >= 15 is 0 Å². The van der Waals surface area contributed by atoms with Gasteiger partial charge in [-0.2, -0.15) is 0 Å². The molecule has 0 unspecified atom stereocenters. The van der Waals surface area contributed by atoms with E-state index in [1.165, 1.54) is 18.4 Å². The number of nitrogens with one attached hydrogen (secondary N) is 1. The molecule has 3 N–H and O–H groups in total. The molecule has 5 aliphatic rings. The molecule has 2 aromatic carbocycles. The highest BCUT2D eigenvalue weighted by molar-refractivity contribution is 5.90. The first kappa shape index (κ1) is 19.6. The minimum absolute atomic E-state index is 0.0455. The van der Waals surface area contributed by atoms with Gasteiger partial charge in [-0.3, -0.25) is 4.90 Å². The zero-order valence-corrected chi connectivity index (χ0v) is 19.4. The monoisotopic (exact) mass is 458 g/mol. The van der Waals surface area contributed by atoms with Crippen LogP contribution in [0.3, 0.4) is 0 Å². The van der Waals surface area contributed by atoms with Crippen LogP contribution in [-0.2, 0) is 18.3 Å². The molecule has 176 valence electrons. The number of hydrogen-bond donors (Lipinski definition) is 3. The van der Waals surface area contributed by atoms with Gasteiger partial charge in [0.05, 0.1) is 28.8 Å². The van der Waals surface area contributed by atoms with E-state index in [9.17, 15) is 10.2 Å². The topological polar surface area (TPSA) is 78.0 Å². The number of H-pyrrole nitrogens is 1. The Morgan fingerprint density at radius 2 is 2.12 bits per heavy atom. The Hall–Kier alpha value is -2.70. The third-order valence-corrected chi connectivity index (χ3v) is 9.46. The lowest BCUT2D eigenvalue weighted by molar-refractivity contribution is -0.173. The predicted octanol–water partition coefficient (Wildman–Crippen LogP) is 3.97. The molecular formula is C28H30N2O4. The Morgan fingerprint density at radius 3 is 2.94 bits per heavy atom. The molecular weight excluding hydrogens is 428 g/mol. The summed E-state index contributed by atoms with van der Waals surface area (Å²) in [5.74, 6) is 2.35. The number of phenolic OH excluding ortho intramolecular Hbond substituents is 1. The molecule has 2 fully saturated rings. The van der Waals surface area contributed by atoms with Crippen molar-refractivity contribution in [1.82, 2.24) is 9.88 Å². The maximum absolute atomic E-state index is 12.9. The van der Waals surface area contributed by atoms with Crippen LogP contribution in [0.5, 0.6) is 17.2 Å². The van der Waals surface area contributed by atoms with E-state index in [1.54, 1.807) is 6.07 Å². The molecule has 1 spiro atoms. The number of para-hydroxylation sites is 1. The van der Waals surface area contributed by atoms with Crippen molar-refractivity contribution in [2.75, 3.05) is 19.7 Å². The molecule has 3 heterocycles. The summed E-state index contributed by atoms with van der Waals surface area (Å²) in [6.45, 7) is 4.62. The summed E-state index contributed by atoms with van der Waals surface area (Å²) >= 11 is 0. The van der Waals surface area contributed by atoms with E-state index in [2.05, 4.69) is 22.0 Å². The molecule has 0 radical (unpaired) electrons. The Balaban J connectivity index is 1.40. The fourth-order valence-electron chi connectivity index (χ4n) is 7.90. The number of piperidine rings is 1. The van der Waals surface area contributed by atoms with Crippen LogP contribution in [0.15, 0.2) is 30.3 Å². The highest BCUT2D eigenvalue weighted by Gasteiger charge is 2.72. The molecule has 0 amide bonds. The standard InChI is InChI=1S/C28H30N2O4/c1-2-33-20-5-3-4-17-18-13-28(32)21-12-16-8-9-19(31)25-22(16)27(28,10-11-30(21)14-15-6-7-15)26(34-25)24(18)29-23(17)20/h3-5,8-9,15,21,26,29,31-32H,2,6-7,10-14H2,1H3/t21-,26+,27+,28-/m1/s1. The minimum Gasteiger partial charge on any atom is -0.504 e. The number of aliphatic hydroxyl groups is 1. The van der Waals surface area contributed by atoms with Gasteiger partial charge in [0.2, 0.25) is 0 Å². The second-order valence-corrected chi connectivity index (χ2v) is 11.1. The van der Waals surface area contributed by atoms with Gasteiger partial charge in [0, 0.05) is 30.0 Å². The summed E-state index contributed by atoms with van der Waals surface area (Å²) in [6, 6.07) is 10.0. The van der Waals surface area contributed by atoms with E-state index in [-0.39, 0.29) is 17.9 Å². The van der Waals surface area contributed by atoms with Crippen molar-refractivity contribution in [3.63, 3.8) is 0 Å². The average molecular weight is 459 g/mol. The zero-order chi connectivity index (χ0) is 22.8. The molecule has 1 saturated heterocycles. The van der Waals surface area contributed by atoms with Gasteiger partial charge in [0.15, 0.2) is 17.6 Å². The number of nitrogens with zero attached hydrogens (tertiary/aromatic N) is 1. The van der Waals surface area contributed by atoms with Crippen molar-refractivity contribution >= 4 is 10.9 Å². The number of aromatic amines is 1. The Labute approximate surface area is 198 Å². The predicted molar refractivity (Wildman–Crippen MR) is 128 cm³/mol. The van der Waals surface area contributed by atoms with Crippen LogP contribution >= 0.6 is 0 Å². The molecule has 3 aliphatic carbocycles. The van der Waals surface area contributed by atoms with Crippen LogP contribution in [0.25, 0.3) is 10.9 Å². The number of ether oxygens (including phenoxy) is 2. The van der Waals surface area contributed by atoms with Gasteiger partial charge in [0.1, 0.15) is 5.75 Å². The summed E-state index contributed by atoms with van der Waals surface area (Å²) in [7, 11) is 0. The highest BCUT2D eigenvalue weighted by atomic mass is 16.5. The number of benzene rings is 2. The van der Waals surface area contributed by atoms with Crippen molar-refractivity contribution in [3.05, 3.63) is 52.7 Å². The van der Waals surface area contributed by atoms with Crippen LogP contribution in [-0.4, -0.2) is 51.4 Å². The summed E-state index contributed by atoms with van der Waals surface area (Å²) in [5.41, 5.74) is 3.90. The fraction of sp³-hybridized carbons (Fsp3) is 0.500. The van der Waals surface area contributed by atoms with E-state index in [0.29, 0.717) is 18.8 Å². The number of likely N-dealkylation sites (tertiary alicyclic amines) is 1. The second-order valence-electron chi connectivity index (χ2n) is 11.1. The first-order valence-electron chi connectivity index (χ1n) is 12.8. The molecule has 2 bridgehead atoms. The minimum atomic E-state index is -0.958. The SMILES string of the molecule is CCOc1cccc2c3c([nH]c12)[C@@H]1Oc2c(O)ccc4c2[C@@]12CCN(CC1CC1)[C@H](C4)[C@]2(O)C3. The normalized spacial score (nSPS) is 32.9. The van der Waals surface area contributed by atoms with Crippen LogP contribution < -0.4 is 9.47 Å². The van der Waals surface area contributed by atoms with Crippen molar-refractivity contribution in [1.29, 1.82) is 0 Å². The van der Waals surface area contributed by atoms with Crippen molar-refractivity contribution in [3.8, 4) is 17.2 Å². The molecule has 6 nitrogen and oxygen atoms in total. The number of fused-ring (bicyclic) bond motifs is 4. The molecule has 3 aromatic rings. The van der Waals surface area contributed by atoms with Crippen molar-refractivity contribution < 1.29 is 19.7 Å². The second kappa shape index (κ2) is 6.29. The van der Waals surface area contributed by atoms with Crippen LogP contribution in [0.4, 0.5) is 0 Å². The van der Waals surface area contributed by atoms with Crippen LogP contribution in [0.2, 0.25) is 0 Å². The van der Waals surface area contributed by atoms with Gasteiger partial charge in [-0.25, -0.2) is 0 Å². The molecule has 1 aromatic heterocycles. The maximum Gasteiger partial charge on any atom is 0.166 e. The summed E-state index contributed by atoms with van der Waals surface area (Å²) < 4.78 is 12.6. The molecule has 34 heavy (non-hydrogen) atoms. The van der Waals surface area contributed by atoms with Gasteiger partial charge in [-0.1, -0.05) is 18.2 Å². The maximum atomic E-state index is 12.9. The van der Waals surface area contributed by atoms with Gasteiger partial charge in [0.25, 0.3) is 0 Å². The molecule has 1 saturated carbocycles. The largest absolute Gasteiger partial charge is 0.504 e. The Morgan fingerprint density at radius 1 is 1.24 bits per heavy atom. The van der Waals surface area contributed by atoms with Gasteiger partial charge in [-0.15, -0.1) is 0 Å². The third-order valence-electron chi connectivity index (χ3n) is 9.46. The zero-order valence-electron chi connectivity index (χ0n) is 19.4. The summed E-state index contributed by atoms with van der Waals surface area (Å²) in [6.07, 6.45) is 4.47. The summed E-state index contributed by atoms with van der Waals surface area (Å²) in [4.78, 5) is 6.24. The van der Waals surface area contributed by atoms with Gasteiger partial charge in [-0.05, 0) is 68.3 Å². The highest BCUT2D eigenvalue weighted by Crippen LogP contribution is 2.69. The number of rotatable bonds is 4. The van der Waals surface area contributed by atoms with E-state index in [0.717, 1.165) is 65.3 Å². The van der Waals surface area contributed by atoms with Crippen molar-refractivity contribution in [2.45, 2.75) is 62.2 Å². The molecule has 6 heteroatoms. The molecule has 8 rings (SSSR count). The lowest BCUT2D eigenvalue weighted by Gasteiger charge is -2.62. The van der Waals surface area contributed by atoms with Crippen LogP contribution in [0.1, 0.15) is 54.7 Å². The Bertz CT molecular complexity index is 1360. The third kappa shape index (κ3) is 2.16. The van der Waals surface area contributed by atoms with Crippen molar-refractivity contribution in [2.24, 2.45) is 5.92 Å². The fourth-order valence-corrected chi connectivity index (χ4v) is 7.90. The van der Waals surface area contributed by atoms with E-state index < -0.39 is 11.0 Å². The van der Waals surface area contributed by atoms with E-state index in [4.69, 9.17) is 9.47 Å². The number of hydrogen-bond acceptors (Lipinski definition) is 5. The molecule has 4 atom stereocenters.